The minimum Gasteiger partial charge on any atom is -0.325 e. The zero-order valence-electron chi connectivity index (χ0n) is 20.0. The molecular formula is C26H56IN. The molecule has 0 aliphatic carbocycles. The quantitative estimate of drug-likeness (QED) is 0.114. The topological polar surface area (TPSA) is 26.0 Å². The van der Waals surface area contributed by atoms with Gasteiger partial charge in [0.2, 0.25) is 0 Å². The number of rotatable bonds is 22. The average Bonchev–Trinajstić information content (AvgIpc) is 2.67. The maximum absolute atomic E-state index is 6.94. The van der Waals surface area contributed by atoms with Crippen molar-refractivity contribution in [2.24, 2.45) is 5.73 Å². The molecular weight excluding hydrogens is 453 g/mol. The van der Waals surface area contributed by atoms with Gasteiger partial charge >= 0.3 is 0 Å². The second kappa shape index (κ2) is 24.0. The highest BCUT2D eigenvalue weighted by Crippen LogP contribution is 2.27. The van der Waals surface area contributed by atoms with Gasteiger partial charge in [0.15, 0.2) is 0 Å². The first-order chi connectivity index (χ1) is 13.2. The number of unbranched alkanes of at least 4 members (excludes halogenated alkanes) is 16. The fraction of sp³-hybridized carbons (Fsp3) is 1.00. The van der Waals surface area contributed by atoms with Crippen molar-refractivity contribution in [3.63, 3.8) is 0 Å². The molecule has 0 aromatic heterocycles. The summed E-state index contributed by atoms with van der Waals surface area (Å²) in [7, 11) is 0. The summed E-state index contributed by atoms with van der Waals surface area (Å²) in [5.41, 5.74) is 7.08. The third kappa shape index (κ3) is 21.4. The van der Waals surface area contributed by atoms with E-state index in [1.165, 1.54) is 141 Å². The van der Waals surface area contributed by atoms with Crippen LogP contribution in [-0.4, -0.2) is 5.54 Å². The van der Waals surface area contributed by atoms with Gasteiger partial charge in [-0.05, 0) is 19.3 Å². The van der Waals surface area contributed by atoms with Crippen LogP contribution in [0.3, 0.4) is 0 Å². The van der Waals surface area contributed by atoms with Crippen LogP contribution >= 0.6 is 24.0 Å². The summed E-state index contributed by atoms with van der Waals surface area (Å²) < 4.78 is 0. The van der Waals surface area contributed by atoms with Gasteiger partial charge in [-0.25, -0.2) is 0 Å². The van der Waals surface area contributed by atoms with E-state index >= 15 is 0 Å². The molecule has 0 spiro atoms. The van der Waals surface area contributed by atoms with Crippen LogP contribution in [0.5, 0.6) is 0 Å². The predicted octanol–water partition coefficient (Wildman–Crippen LogP) is 9.94. The normalized spacial score (nSPS) is 11.6. The van der Waals surface area contributed by atoms with Crippen molar-refractivity contribution in [1.82, 2.24) is 0 Å². The van der Waals surface area contributed by atoms with E-state index in [2.05, 4.69) is 20.8 Å². The lowest BCUT2D eigenvalue weighted by Gasteiger charge is -2.30. The summed E-state index contributed by atoms with van der Waals surface area (Å²) >= 11 is 0. The van der Waals surface area contributed by atoms with E-state index in [1.54, 1.807) is 0 Å². The van der Waals surface area contributed by atoms with Crippen LogP contribution in [0.1, 0.15) is 162 Å². The van der Waals surface area contributed by atoms with Crippen molar-refractivity contribution < 1.29 is 0 Å². The Bertz CT molecular complexity index is 264. The van der Waals surface area contributed by atoms with Crippen LogP contribution in [0.15, 0.2) is 0 Å². The third-order valence-corrected chi connectivity index (χ3v) is 6.33. The molecule has 2 heteroatoms. The van der Waals surface area contributed by atoms with E-state index in [9.17, 15) is 0 Å². The molecule has 0 atom stereocenters. The zero-order valence-corrected chi connectivity index (χ0v) is 22.4. The summed E-state index contributed by atoms with van der Waals surface area (Å²) in [4.78, 5) is 0. The highest BCUT2D eigenvalue weighted by atomic mass is 127. The van der Waals surface area contributed by atoms with Gasteiger partial charge < -0.3 is 5.73 Å². The average molecular weight is 510 g/mol. The van der Waals surface area contributed by atoms with E-state index in [-0.39, 0.29) is 29.5 Å². The van der Waals surface area contributed by atoms with Crippen LogP contribution in [0.2, 0.25) is 0 Å². The fourth-order valence-corrected chi connectivity index (χ4v) is 4.32. The fourth-order valence-electron chi connectivity index (χ4n) is 4.32. The minimum atomic E-state index is 0. The molecule has 0 rings (SSSR count). The van der Waals surface area contributed by atoms with Crippen molar-refractivity contribution in [2.75, 3.05) is 0 Å². The Hall–Kier alpha value is 0.690. The number of hydrogen-bond donors (Lipinski definition) is 1. The Morgan fingerprint density at radius 1 is 0.393 bits per heavy atom. The van der Waals surface area contributed by atoms with Gasteiger partial charge in [-0.2, -0.15) is 0 Å². The number of halogens is 1. The van der Waals surface area contributed by atoms with Gasteiger partial charge in [-0.15, -0.1) is 24.0 Å². The van der Waals surface area contributed by atoms with Crippen LogP contribution in [0.4, 0.5) is 0 Å². The monoisotopic (exact) mass is 509 g/mol. The number of nitrogens with two attached hydrogens (primary N) is 1. The third-order valence-electron chi connectivity index (χ3n) is 6.33. The first kappa shape index (κ1) is 30.9. The first-order valence-corrected chi connectivity index (χ1v) is 13.0. The first-order valence-electron chi connectivity index (χ1n) is 13.0. The van der Waals surface area contributed by atoms with Crippen LogP contribution < -0.4 is 5.73 Å². The molecule has 0 radical (unpaired) electrons. The van der Waals surface area contributed by atoms with Crippen molar-refractivity contribution in [1.29, 1.82) is 0 Å². The molecule has 2 N–H and O–H groups in total. The molecule has 0 unspecified atom stereocenters. The standard InChI is InChI=1S/C26H55N.HI/c1-4-7-10-13-16-19-22-25-26(27,23-20-17-14-11-8-5-2)24-21-18-15-12-9-6-3;/h4-25,27H2,1-3H3;1H. The highest BCUT2D eigenvalue weighted by molar-refractivity contribution is 14.0. The van der Waals surface area contributed by atoms with E-state index in [4.69, 9.17) is 5.73 Å². The van der Waals surface area contributed by atoms with Crippen molar-refractivity contribution >= 4 is 24.0 Å². The Labute approximate surface area is 196 Å². The molecule has 0 aliphatic rings. The SMILES string of the molecule is CCCCCCCCCC(N)(CCCCCCCC)CCCCCCCC.I. The minimum absolute atomic E-state index is 0. The smallest absolute Gasteiger partial charge is 0.0154 e. The molecule has 0 aromatic rings. The Kier molecular flexibility index (Phi) is 26.4. The summed E-state index contributed by atoms with van der Waals surface area (Å²) in [6.45, 7) is 6.90. The summed E-state index contributed by atoms with van der Waals surface area (Å²) in [6.07, 6.45) is 30.3. The van der Waals surface area contributed by atoms with E-state index in [1.807, 2.05) is 0 Å². The molecule has 0 bridgehead atoms. The second-order valence-corrected chi connectivity index (χ2v) is 9.27. The molecule has 28 heavy (non-hydrogen) atoms. The van der Waals surface area contributed by atoms with Crippen molar-refractivity contribution in [3.8, 4) is 0 Å². The molecule has 0 saturated carbocycles. The molecule has 0 heterocycles. The molecule has 0 amide bonds. The predicted molar refractivity (Wildman–Crippen MR) is 141 cm³/mol. The second-order valence-electron chi connectivity index (χ2n) is 9.27. The van der Waals surface area contributed by atoms with Gasteiger partial charge in [0, 0.05) is 5.54 Å². The summed E-state index contributed by atoms with van der Waals surface area (Å²) in [5.74, 6) is 0. The summed E-state index contributed by atoms with van der Waals surface area (Å²) in [5, 5.41) is 0. The summed E-state index contributed by atoms with van der Waals surface area (Å²) in [6, 6.07) is 0. The lowest BCUT2D eigenvalue weighted by molar-refractivity contribution is 0.302. The van der Waals surface area contributed by atoms with Gasteiger partial charge in [-0.3, -0.25) is 0 Å². The highest BCUT2D eigenvalue weighted by Gasteiger charge is 2.23. The van der Waals surface area contributed by atoms with Gasteiger partial charge in [0.1, 0.15) is 0 Å². The largest absolute Gasteiger partial charge is 0.325 e. The molecule has 172 valence electrons. The van der Waals surface area contributed by atoms with Crippen LogP contribution in [-0.2, 0) is 0 Å². The van der Waals surface area contributed by atoms with Crippen molar-refractivity contribution in [3.05, 3.63) is 0 Å². The Morgan fingerprint density at radius 3 is 0.857 bits per heavy atom. The Morgan fingerprint density at radius 2 is 0.607 bits per heavy atom. The molecule has 0 aliphatic heterocycles. The van der Waals surface area contributed by atoms with Gasteiger partial charge in [0.05, 0.1) is 0 Å². The molecule has 0 aromatic carbocycles. The van der Waals surface area contributed by atoms with E-state index < -0.39 is 0 Å². The number of hydrogen-bond acceptors (Lipinski definition) is 1. The molecule has 1 nitrogen and oxygen atoms in total. The van der Waals surface area contributed by atoms with Crippen molar-refractivity contribution in [2.45, 2.75) is 168 Å². The zero-order chi connectivity index (χ0) is 20.1. The maximum atomic E-state index is 6.94. The van der Waals surface area contributed by atoms with Gasteiger partial charge in [-0.1, -0.05) is 143 Å². The van der Waals surface area contributed by atoms with Crippen LogP contribution in [0.25, 0.3) is 0 Å². The maximum Gasteiger partial charge on any atom is 0.0154 e. The van der Waals surface area contributed by atoms with E-state index in [0.29, 0.717) is 0 Å². The lowest BCUT2D eigenvalue weighted by Crippen LogP contribution is -2.39. The lowest BCUT2D eigenvalue weighted by atomic mass is 9.82. The molecule has 0 fully saturated rings. The van der Waals surface area contributed by atoms with Crippen LogP contribution in [0, 0.1) is 0 Å². The molecule has 0 saturated heterocycles. The van der Waals surface area contributed by atoms with E-state index in [0.717, 1.165) is 0 Å². The van der Waals surface area contributed by atoms with Gasteiger partial charge in [0.25, 0.3) is 0 Å². The Balaban J connectivity index is 0.